The number of benzene rings is 4. The van der Waals surface area contributed by atoms with Crippen molar-refractivity contribution in [2.24, 2.45) is 0 Å². The van der Waals surface area contributed by atoms with Crippen LogP contribution in [-0.2, 0) is 26.3 Å². The lowest BCUT2D eigenvalue weighted by Gasteiger charge is -2.36. The lowest BCUT2D eigenvalue weighted by atomic mass is 9.79. The van der Waals surface area contributed by atoms with Crippen molar-refractivity contribution in [3.8, 4) is 5.75 Å². The number of imide groups is 1. The highest BCUT2D eigenvalue weighted by atomic mass is 16.5. The molecule has 0 bridgehead atoms. The Morgan fingerprint density at radius 3 is 2.10 bits per heavy atom. The summed E-state index contributed by atoms with van der Waals surface area (Å²) in [6.07, 6.45) is 2.64. The van der Waals surface area contributed by atoms with E-state index in [0.29, 0.717) is 12.4 Å². The largest absolute Gasteiger partial charge is 0.491 e. The van der Waals surface area contributed by atoms with Crippen LogP contribution < -0.4 is 10.1 Å². The second-order valence-corrected chi connectivity index (χ2v) is 9.87. The van der Waals surface area contributed by atoms with Crippen molar-refractivity contribution in [3.05, 3.63) is 149 Å². The molecule has 0 aliphatic carbocycles. The summed E-state index contributed by atoms with van der Waals surface area (Å²) in [5.41, 5.74) is 2.70. The van der Waals surface area contributed by atoms with E-state index >= 15 is 0 Å². The van der Waals surface area contributed by atoms with Crippen LogP contribution in [-0.4, -0.2) is 42.5 Å². The molecule has 0 radical (unpaired) electrons. The molecule has 2 N–H and O–H groups in total. The first-order chi connectivity index (χ1) is 20.5. The van der Waals surface area contributed by atoms with Gasteiger partial charge in [0.25, 0.3) is 11.8 Å². The molecule has 7 nitrogen and oxygen atoms in total. The first kappa shape index (κ1) is 28.7. The predicted molar refractivity (Wildman–Crippen MR) is 158 cm³/mol. The Morgan fingerprint density at radius 2 is 1.43 bits per heavy atom. The molecule has 0 saturated heterocycles. The maximum Gasteiger partial charge on any atom is 0.262 e. The number of carbonyl (C=O) groups excluding carboxylic acids is 3. The zero-order valence-electron chi connectivity index (χ0n) is 23.0. The first-order valence-corrected chi connectivity index (χ1v) is 13.8. The van der Waals surface area contributed by atoms with Gasteiger partial charge in [0.05, 0.1) is 12.2 Å². The van der Waals surface area contributed by atoms with Gasteiger partial charge in [0, 0.05) is 18.2 Å². The molecule has 212 valence electrons. The molecule has 1 aliphatic heterocycles. The number of ether oxygens (including phenoxy) is 2. The van der Waals surface area contributed by atoms with Crippen molar-refractivity contribution < 1.29 is 29.0 Å². The molecule has 4 aromatic rings. The molecule has 42 heavy (non-hydrogen) atoms. The summed E-state index contributed by atoms with van der Waals surface area (Å²) in [5, 5.41) is 11.4. The maximum absolute atomic E-state index is 13.0. The van der Waals surface area contributed by atoms with Gasteiger partial charge in [0.2, 0.25) is 0 Å². The van der Waals surface area contributed by atoms with Crippen molar-refractivity contribution in [2.75, 3.05) is 19.8 Å². The highest BCUT2D eigenvalue weighted by molar-refractivity contribution is 6.33. The minimum atomic E-state index is -1.07. The molecule has 0 saturated carbocycles. The molecule has 4 aromatic carbocycles. The van der Waals surface area contributed by atoms with Crippen molar-refractivity contribution in [1.82, 2.24) is 5.32 Å². The molecule has 1 aliphatic rings. The molecule has 5 rings (SSSR count). The van der Waals surface area contributed by atoms with E-state index in [1.807, 2.05) is 84.9 Å². The van der Waals surface area contributed by atoms with Crippen LogP contribution in [0.4, 0.5) is 0 Å². The third kappa shape index (κ3) is 6.22. The SMILES string of the molecule is O=C1C=C(C(=O)c2ccc(C(OCCCc3ccccc3)(c3ccccc3)c3cccc(OCCO)c3)cc2)C(=O)N1. The highest BCUT2D eigenvalue weighted by Crippen LogP contribution is 2.42. The van der Waals surface area contributed by atoms with Crippen molar-refractivity contribution in [2.45, 2.75) is 18.4 Å². The number of aryl methyl sites for hydroxylation is 1. The standard InChI is InChI=1S/C35H31NO6/c37-20-22-41-30-15-7-14-29(23-30)35(27-12-5-2-6-13-27,42-21-8-11-25-9-3-1-4-10-25)28-18-16-26(17-19-28)33(39)31-24-32(38)36-34(31)40/h1-7,9-10,12-19,23-24,37H,8,11,20-22H2,(H,36,38,40). The van der Waals surface area contributed by atoms with E-state index in [1.54, 1.807) is 12.1 Å². The van der Waals surface area contributed by atoms with E-state index in [1.165, 1.54) is 5.56 Å². The molecule has 0 aromatic heterocycles. The lowest BCUT2D eigenvalue weighted by molar-refractivity contribution is -0.123. The number of ketones is 1. The van der Waals surface area contributed by atoms with E-state index in [0.717, 1.165) is 35.6 Å². The predicted octanol–water partition coefficient (Wildman–Crippen LogP) is 4.76. The quantitative estimate of drug-likeness (QED) is 0.0802. The number of rotatable bonds is 13. The molecular formula is C35H31NO6. The number of hydrogen-bond acceptors (Lipinski definition) is 6. The summed E-state index contributed by atoms with van der Waals surface area (Å²) in [6.45, 7) is 0.476. The summed E-state index contributed by atoms with van der Waals surface area (Å²) in [6, 6.07) is 34.5. The Labute approximate surface area is 244 Å². The second kappa shape index (κ2) is 13.2. The van der Waals surface area contributed by atoms with Gasteiger partial charge in [-0.05, 0) is 47.2 Å². The lowest BCUT2D eigenvalue weighted by Crippen LogP contribution is -2.33. The Bertz CT molecular complexity index is 1580. The van der Waals surface area contributed by atoms with E-state index in [4.69, 9.17) is 9.47 Å². The number of nitrogens with one attached hydrogen (secondary N) is 1. The monoisotopic (exact) mass is 561 g/mol. The summed E-state index contributed by atoms with van der Waals surface area (Å²) in [7, 11) is 0. The number of aliphatic hydroxyl groups is 1. The number of Topliss-reactive ketones (excluding diaryl/α,β-unsaturated/α-hetero) is 1. The van der Waals surface area contributed by atoms with Crippen LogP contribution in [0.15, 0.2) is 121 Å². The molecule has 1 heterocycles. The van der Waals surface area contributed by atoms with E-state index in [9.17, 15) is 19.5 Å². The van der Waals surface area contributed by atoms with E-state index < -0.39 is 23.2 Å². The Morgan fingerprint density at radius 1 is 0.762 bits per heavy atom. The Kier molecular flexibility index (Phi) is 9.02. The molecule has 1 atom stereocenters. The second-order valence-electron chi connectivity index (χ2n) is 9.87. The molecule has 0 spiro atoms. The normalized spacial score (nSPS) is 14.2. The third-order valence-electron chi connectivity index (χ3n) is 7.11. The van der Waals surface area contributed by atoms with Gasteiger partial charge < -0.3 is 14.6 Å². The zero-order chi connectivity index (χ0) is 29.4. The zero-order valence-corrected chi connectivity index (χ0v) is 23.0. The van der Waals surface area contributed by atoms with Gasteiger partial charge in [-0.1, -0.05) is 97.1 Å². The molecule has 7 heteroatoms. The number of amides is 2. The van der Waals surface area contributed by atoms with Crippen LogP contribution in [0, 0.1) is 0 Å². The van der Waals surface area contributed by atoms with Gasteiger partial charge in [-0.2, -0.15) is 0 Å². The van der Waals surface area contributed by atoms with E-state index in [2.05, 4.69) is 17.4 Å². The van der Waals surface area contributed by atoms with Crippen molar-refractivity contribution in [3.63, 3.8) is 0 Å². The fourth-order valence-electron chi connectivity index (χ4n) is 5.13. The fraction of sp³-hybridized carbons (Fsp3) is 0.171. The highest BCUT2D eigenvalue weighted by Gasteiger charge is 2.38. The fourth-order valence-corrected chi connectivity index (χ4v) is 5.13. The molecule has 0 fully saturated rings. The molecule has 1 unspecified atom stereocenters. The molecular weight excluding hydrogens is 530 g/mol. The van der Waals surface area contributed by atoms with Crippen molar-refractivity contribution >= 4 is 17.6 Å². The van der Waals surface area contributed by atoms with Gasteiger partial charge in [-0.15, -0.1) is 0 Å². The number of aliphatic hydroxyl groups excluding tert-OH is 1. The third-order valence-corrected chi connectivity index (χ3v) is 7.11. The number of hydrogen-bond donors (Lipinski definition) is 2. The van der Waals surface area contributed by atoms with E-state index in [-0.39, 0.29) is 24.4 Å². The van der Waals surface area contributed by atoms with Crippen LogP contribution in [0.2, 0.25) is 0 Å². The number of carbonyl (C=O) groups is 3. The van der Waals surface area contributed by atoms with Gasteiger partial charge in [0.1, 0.15) is 18.0 Å². The van der Waals surface area contributed by atoms with Crippen molar-refractivity contribution in [1.29, 1.82) is 0 Å². The minimum absolute atomic E-state index is 0.112. The summed E-state index contributed by atoms with van der Waals surface area (Å²) < 4.78 is 12.6. The smallest absolute Gasteiger partial charge is 0.262 e. The van der Waals surface area contributed by atoms with Gasteiger partial charge in [0.15, 0.2) is 5.78 Å². The summed E-state index contributed by atoms with van der Waals surface area (Å²) >= 11 is 0. The minimum Gasteiger partial charge on any atom is -0.491 e. The molecule has 2 amide bonds. The topological polar surface area (TPSA) is 102 Å². The van der Waals surface area contributed by atoms with Crippen LogP contribution in [0.5, 0.6) is 5.75 Å². The average molecular weight is 562 g/mol. The maximum atomic E-state index is 13.0. The van der Waals surface area contributed by atoms with Crippen LogP contribution >= 0.6 is 0 Å². The van der Waals surface area contributed by atoms with Gasteiger partial charge >= 0.3 is 0 Å². The van der Waals surface area contributed by atoms with Gasteiger partial charge in [-0.25, -0.2) is 0 Å². The average Bonchev–Trinajstić information content (AvgIpc) is 3.38. The first-order valence-electron chi connectivity index (χ1n) is 13.8. The van der Waals surface area contributed by atoms with Crippen LogP contribution in [0.1, 0.15) is 39.0 Å². The Balaban J connectivity index is 1.55. The van der Waals surface area contributed by atoms with Crippen LogP contribution in [0.25, 0.3) is 0 Å². The van der Waals surface area contributed by atoms with Crippen LogP contribution in [0.3, 0.4) is 0 Å². The van der Waals surface area contributed by atoms with Gasteiger partial charge in [-0.3, -0.25) is 19.7 Å². The summed E-state index contributed by atoms with van der Waals surface area (Å²) in [4.78, 5) is 36.7. The Hall–Kier alpha value is -4.85. The summed E-state index contributed by atoms with van der Waals surface area (Å²) in [5.74, 6) is -1.24.